The van der Waals surface area contributed by atoms with E-state index >= 15 is 0 Å². The molecule has 0 spiro atoms. The van der Waals surface area contributed by atoms with Gasteiger partial charge in [0.2, 0.25) is 0 Å². The molecule has 0 aliphatic rings. The molecule has 18 heavy (non-hydrogen) atoms. The molecule has 0 radical (unpaired) electrons. The number of aromatic nitrogens is 1. The zero-order valence-electron chi connectivity index (χ0n) is 9.79. The summed E-state index contributed by atoms with van der Waals surface area (Å²) in [5.41, 5.74) is 1.37. The monoisotopic (exact) mass is 260 g/mol. The number of nitrogens with one attached hydrogen (secondary N) is 1. The Morgan fingerprint density at radius 1 is 1.22 bits per heavy atom. The average molecular weight is 260 g/mol. The van der Waals surface area contributed by atoms with E-state index in [1.54, 1.807) is 30.5 Å². The van der Waals surface area contributed by atoms with Crippen LogP contribution in [0.3, 0.4) is 0 Å². The SMILES string of the molecule is [C-]#[N+]C(c1ccc[nH]1)S(=O)(=O)c1ccc(C)cc1. The van der Waals surface area contributed by atoms with Gasteiger partial charge in [-0.15, -0.1) is 0 Å². The summed E-state index contributed by atoms with van der Waals surface area (Å²) in [4.78, 5) is 6.18. The molecule has 1 unspecified atom stereocenters. The van der Waals surface area contributed by atoms with Crippen LogP contribution in [0, 0.1) is 13.5 Å². The number of benzene rings is 1. The molecule has 0 amide bonds. The lowest BCUT2D eigenvalue weighted by Crippen LogP contribution is -2.11. The Balaban J connectivity index is 2.48. The first kappa shape index (κ1) is 12.4. The highest BCUT2D eigenvalue weighted by atomic mass is 32.2. The van der Waals surface area contributed by atoms with Gasteiger partial charge in [-0.1, -0.05) is 17.7 Å². The molecule has 0 aliphatic carbocycles. The highest BCUT2D eigenvalue weighted by molar-refractivity contribution is 7.91. The summed E-state index contributed by atoms with van der Waals surface area (Å²) in [6.07, 6.45) is 1.61. The third-order valence-electron chi connectivity index (χ3n) is 2.65. The number of rotatable bonds is 3. The van der Waals surface area contributed by atoms with Crippen molar-refractivity contribution in [2.24, 2.45) is 0 Å². The molecule has 1 N–H and O–H groups in total. The topological polar surface area (TPSA) is 54.3 Å². The van der Waals surface area contributed by atoms with Gasteiger partial charge in [0.15, 0.2) is 0 Å². The van der Waals surface area contributed by atoms with Crippen molar-refractivity contribution < 1.29 is 8.42 Å². The highest BCUT2D eigenvalue weighted by Crippen LogP contribution is 2.29. The molecule has 2 aromatic rings. The van der Waals surface area contributed by atoms with Gasteiger partial charge in [0, 0.05) is 6.20 Å². The molecule has 1 atom stereocenters. The molecule has 0 saturated heterocycles. The molecule has 0 saturated carbocycles. The Kier molecular flexibility index (Phi) is 3.21. The first-order valence-electron chi connectivity index (χ1n) is 5.36. The lowest BCUT2D eigenvalue weighted by atomic mass is 10.2. The van der Waals surface area contributed by atoms with Gasteiger partial charge in [0.1, 0.15) is 5.69 Å². The normalized spacial score (nSPS) is 12.9. The Bertz CT molecular complexity index is 665. The van der Waals surface area contributed by atoms with Crippen molar-refractivity contribution in [1.82, 2.24) is 4.98 Å². The summed E-state index contributed by atoms with van der Waals surface area (Å²) in [7, 11) is -3.68. The van der Waals surface area contributed by atoms with Gasteiger partial charge >= 0.3 is 5.37 Å². The highest BCUT2D eigenvalue weighted by Gasteiger charge is 2.35. The van der Waals surface area contributed by atoms with E-state index in [1.807, 2.05) is 6.92 Å². The summed E-state index contributed by atoms with van der Waals surface area (Å²) in [5, 5.41) is -1.21. The molecular formula is C13H12N2O2S. The number of aryl methyl sites for hydroxylation is 1. The van der Waals surface area contributed by atoms with Crippen molar-refractivity contribution in [1.29, 1.82) is 0 Å². The lowest BCUT2D eigenvalue weighted by Gasteiger charge is -2.06. The smallest absolute Gasteiger partial charge is 0.358 e. The zero-order valence-corrected chi connectivity index (χ0v) is 10.6. The second-order valence-corrected chi connectivity index (χ2v) is 5.97. The standard InChI is InChI=1S/C13H12N2O2S/c1-10-5-7-11(8-6-10)18(16,17)13(14-2)12-4-3-9-15-12/h3-9,13,15H,1H3. The Labute approximate surface area is 106 Å². The number of hydrogen-bond donors (Lipinski definition) is 1. The van der Waals surface area contributed by atoms with Crippen LogP contribution in [0.1, 0.15) is 16.6 Å². The van der Waals surface area contributed by atoms with Crippen LogP contribution in [0.2, 0.25) is 0 Å². The molecule has 92 valence electrons. The molecule has 2 rings (SSSR count). The number of aromatic amines is 1. The van der Waals surface area contributed by atoms with E-state index < -0.39 is 15.2 Å². The predicted molar refractivity (Wildman–Crippen MR) is 68.5 cm³/mol. The van der Waals surface area contributed by atoms with E-state index in [1.165, 1.54) is 12.1 Å². The van der Waals surface area contributed by atoms with Gasteiger partial charge in [-0.25, -0.2) is 15.0 Å². The Morgan fingerprint density at radius 3 is 2.39 bits per heavy atom. The molecule has 0 aliphatic heterocycles. The maximum Gasteiger partial charge on any atom is 0.364 e. The van der Waals surface area contributed by atoms with E-state index in [-0.39, 0.29) is 4.90 Å². The molecule has 0 bridgehead atoms. The maximum atomic E-state index is 12.3. The molecule has 4 nitrogen and oxygen atoms in total. The first-order chi connectivity index (χ1) is 8.55. The van der Waals surface area contributed by atoms with Crippen LogP contribution >= 0.6 is 0 Å². The minimum Gasteiger partial charge on any atom is -0.358 e. The molecule has 5 heteroatoms. The van der Waals surface area contributed by atoms with E-state index in [0.29, 0.717) is 5.69 Å². The van der Waals surface area contributed by atoms with Crippen molar-refractivity contribution in [2.45, 2.75) is 17.2 Å². The lowest BCUT2D eigenvalue weighted by molar-refractivity contribution is 0.589. The van der Waals surface area contributed by atoms with Gasteiger partial charge in [0.25, 0.3) is 9.84 Å². The first-order valence-corrected chi connectivity index (χ1v) is 6.91. The van der Waals surface area contributed by atoms with Crippen molar-refractivity contribution in [2.75, 3.05) is 0 Å². The predicted octanol–water partition coefficient (Wildman–Crippen LogP) is 2.71. The summed E-state index contributed by atoms with van der Waals surface area (Å²) in [5.74, 6) is 0. The molecule has 1 heterocycles. The minimum atomic E-state index is -3.68. The third kappa shape index (κ3) is 2.15. The van der Waals surface area contributed by atoms with Gasteiger partial charge in [-0.05, 0) is 31.2 Å². The molecule has 0 fully saturated rings. The maximum absolute atomic E-state index is 12.3. The molecule has 1 aromatic heterocycles. The van der Waals surface area contributed by atoms with Gasteiger partial charge in [-0.3, -0.25) is 4.85 Å². The van der Waals surface area contributed by atoms with Crippen molar-refractivity contribution in [3.8, 4) is 0 Å². The van der Waals surface area contributed by atoms with Gasteiger partial charge < -0.3 is 4.98 Å². The fourth-order valence-corrected chi connectivity index (χ4v) is 3.05. The summed E-state index contributed by atoms with van der Waals surface area (Å²) in [6.45, 7) is 8.99. The summed E-state index contributed by atoms with van der Waals surface area (Å²) >= 11 is 0. The number of nitrogens with zero attached hydrogens (tertiary/aromatic N) is 1. The van der Waals surface area contributed by atoms with Gasteiger partial charge in [-0.2, -0.15) is 0 Å². The largest absolute Gasteiger partial charge is 0.364 e. The molecular weight excluding hydrogens is 248 g/mol. The Hall–Kier alpha value is -2.06. The van der Waals surface area contributed by atoms with Crippen molar-refractivity contribution in [3.05, 3.63) is 65.3 Å². The fraction of sp³-hybridized carbons (Fsp3) is 0.154. The fourth-order valence-electron chi connectivity index (χ4n) is 1.66. The number of hydrogen-bond acceptors (Lipinski definition) is 2. The van der Waals surface area contributed by atoms with E-state index in [0.717, 1.165) is 5.56 Å². The van der Waals surface area contributed by atoms with Crippen LogP contribution in [-0.4, -0.2) is 13.4 Å². The third-order valence-corrected chi connectivity index (χ3v) is 4.53. The van der Waals surface area contributed by atoms with Crippen molar-refractivity contribution in [3.63, 3.8) is 0 Å². The zero-order chi connectivity index (χ0) is 13.2. The Morgan fingerprint density at radius 2 is 1.89 bits per heavy atom. The summed E-state index contributed by atoms with van der Waals surface area (Å²) in [6, 6.07) is 9.80. The number of H-pyrrole nitrogens is 1. The van der Waals surface area contributed by atoms with E-state index in [2.05, 4.69) is 9.83 Å². The number of sulfone groups is 1. The van der Waals surface area contributed by atoms with Crippen LogP contribution in [-0.2, 0) is 9.84 Å². The summed E-state index contributed by atoms with van der Waals surface area (Å²) < 4.78 is 24.7. The van der Waals surface area contributed by atoms with Crippen LogP contribution < -0.4 is 0 Å². The van der Waals surface area contributed by atoms with E-state index in [9.17, 15) is 8.42 Å². The van der Waals surface area contributed by atoms with Gasteiger partial charge in [0.05, 0.1) is 4.90 Å². The van der Waals surface area contributed by atoms with Crippen molar-refractivity contribution >= 4 is 9.84 Å². The van der Waals surface area contributed by atoms with E-state index in [4.69, 9.17) is 6.57 Å². The van der Waals surface area contributed by atoms with Crippen LogP contribution in [0.25, 0.3) is 4.85 Å². The second kappa shape index (κ2) is 4.67. The van der Waals surface area contributed by atoms with Crippen LogP contribution in [0.5, 0.6) is 0 Å². The quantitative estimate of drug-likeness (QED) is 0.863. The average Bonchev–Trinajstić information content (AvgIpc) is 2.84. The van der Waals surface area contributed by atoms with Crippen LogP contribution in [0.15, 0.2) is 47.5 Å². The second-order valence-electron chi connectivity index (χ2n) is 3.96. The molecule has 1 aromatic carbocycles. The van der Waals surface area contributed by atoms with Crippen LogP contribution in [0.4, 0.5) is 0 Å². The minimum absolute atomic E-state index is 0.170.